The molecule has 0 bridgehead atoms. The van der Waals surface area contributed by atoms with Gasteiger partial charge in [0, 0.05) is 23.9 Å². The number of carbonyl (C=O) groups is 1. The maximum atomic E-state index is 13.0. The summed E-state index contributed by atoms with van der Waals surface area (Å²) in [6.07, 6.45) is 3.41. The topological polar surface area (TPSA) is 90.5 Å². The Labute approximate surface area is 184 Å². The fourth-order valence-electron chi connectivity index (χ4n) is 3.50. The number of benzene rings is 3. The second kappa shape index (κ2) is 8.65. The van der Waals surface area contributed by atoms with Gasteiger partial charge in [-0.05, 0) is 34.7 Å². The number of para-hydroxylation sites is 2. The van der Waals surface area contributed by atoms with E-state index in [1.807, 2.05) is 83.7 Å². The second-order valence-corrected chi connectivity index (χ2v) is 7.10. The SMILES string of the molecule is O=C(NCc1cn(-c2ccccc2)nc1-c1ccccc1)c1ccccc1-n1cnnn1. The summed E-state index contributed by atoms with van der Waals surface area (Å²) in [4.78, 5) is 13.0. The third kappa shape index (κ3) is 3.89. The average molecular weight is 421 g/mol. The summed E-state index contributed by atoms with van der Waals surface area (Å²) < 4.78 is 3.30. The Morgan fingerprint density at radius 1 is 0.844 bits per heavy atom. The molecule has 8 heteroatoms. The third-order valence-corrected chi connectivity index (χ3v) is 5.04. The number of tetrazole rings is 1. The van der Waals surface area contributed by atoms with Crippen LogP contribution in [0, 0.1) is 0 Å². The zero-order valence-electron chi connectivity index (χ0n) is 17.0. The minimum atomic E-state index is -0.220. The molecule has 1 N–H and O–H groups in total. The van der Waals surface area contributed by atoms with E-state index in [2.05, 4.69) is 20.8 Å². The van der Waals surface area contributed by atoms with Gasteiger partial charge in [-0.2, -0.15) is 9.78 Å². The van der Waals surface area contributed by atoms with Gasteiger partial charge in [0.1, 0.15) is 6.33 Å². The number of hydrogen-bond acceptors (Lipinski definition) is 5. The summed E-state index contributed by atoms with van der Waals surface area (Å²) >= 11 is 0. The summed E-state index contributed by atoms with van der Waals surface area (Å²) in [6.45, 7) is 0.319. The van der Waals surface area contributed by atoms with Crippen molar-refractivity contribution in [2.75, 3.05) is 0 Å². The Hall–Kier alpha value is -4.59. The maximum Gasteiger partial charge on any atom is 0.253 e. The predicted octanol–water partition coefficient (Wildman–Crippen LogP) is 3.45. The number of carbonyl (C=O) groups excluding carboxylic acids is 1. The van der Waals surface area contributed by atoms with Gasteiger partial charge in [0.25, 0.3) is 5.91 Å². The molecule has 156 valence electrons. The van der Waals surface area contributed by atoms with Gasteiger partial charge < -0.3 is 5.32 Å². The van der Waals surface area contributed by atoms with Gasteiger partial charge in [-0.15, -0.1) is 5.10 Å². The quantitative estimate of drug-likeness (QED) is 0.454. The Balaban J connectivity index is 1.45. The van der Waals surface area contributed by atoms with Crippen molar-refractivity contribution in [3.8, 4) is 22.6 Å². The molecule has 2 heterocycles. The molecule has 0 fully saturated rings. The molecular formula is C24H19N7O. The van der Waals surface area contributed by atoms with E-state index in [1.54, 1.807) is 12.1 Å². The molecule has 0 unspecified atom stereocenters. The monoisotopic (exact) mass is 421 g/mol. The molecule has 0 radical (unpaired) electrons. The van der Waals surface area contributed by atoms with Crippen LogP contribution in [0.2, 0.25) is 0 Å². The lowest BCUT2D eigenvalue weighted by atomic mass is 10.1. The molecule has 0 aliphatic rings. The van der Waals surface area contributed by atoms with Crippen LogP contribution >= 0.6 is 0 Å². The number of rotatable bonds is 6. The van der Waals surface area contributed by atoms with Gasteiger partial charge in [-0.1, -0.05) is 60.7 Å². The molecule has 0 aliphatic heterocycles. The largest absolute Gasteiger partial charge is 0.348 e. The van der Waals surface area contributed by atoms with Crippen LogP contribution in [0.3, 0.4) is 0 Å². The van der Waals surface area contributed by atoms with Crippen molar-refractivity contribution >= 4 is 5.91 Å². The predicted molar refractivity (Wildman–Crippen MR) is 119 cm³/mol. The Kier molecular flexibility index (Phi) is 5.24. The standard InChI is InChI=1S/C24H19N7O/c32-24(21-13-7-8-14-22(21)31-17-26-28-29-31)25-15-19-16-30(20-11-5-2-6-12-20)27-23(19)18-9-3-1-4-10-18/h1-14,16-17H,15H2,(H,25,32). The van der Waals surface area contributed by atoms with Crippen LogP contribution in [0.4, 0.5) is 0 Å². The van der Waals surface area contributed by atoms with Crippen LogP contribution < -0.4 is 5.32 Å². The van der Waals surface area contributed by atoms with Crippen molar-refractivity contribution in [3.05, 3.63) is 109 Å². The molecule has 0 saturated heterocycles. The van der Waals surface area contributed by atoms with Gasteiger partial charge in [0.15, 0.2) is 0 Å². The van der Waals surface area contributed by atoms with Crippen LogP contribution in [-0.2, 0) is 6.54 Å². The first-order valence-electron chi connectivity index (χ1n) is 10.1. The van der Waals surface area contributed by atoms with E-state index in [9.17, 15) is 4.79 Å². The van der Waals surface area contributed by atoms with Crippen molar-refractivity contribution in [2.24, 2.45) is 0 Å². The fourth-order valence-corrected chi connectivity index (χ4v) is 3.50. The van der Waals surface area contributed by atoms with Gasteiger partial charge in [-0.3, -0.25) is 4.79 Å². The molecular weight excluding hydrogens is 402 g/mol. The molecule has 0 aliphatic carbocycles. The highest BCUT2D eigenvalue weighted by Gasteiger charge is 2.16. The van der Waals surface area contributed by atoms with Crippen LogP contribution in [0.15, 0.2) is 97.5 Å². The summed E-state index contributed by atoms with van der Waals surface area (Å²) in [5.74, 6) is -0.220. The summed E-state index contributed by atoms with van der Waals surface area (Å²) in [5.41, 5.74) is 4.76. The molecule has 5 aromatic rings. The summed E-state index contributed by atoms with van der Waals surface area (Å²) in [7, 11) is 0. The smallest absolute Gasteiger partial charge is 0.253 e. The van der Waals surface area contributed by atoms with Crippen LogP contribution in [-0.4, -0.2) is 35.9 Å². The third-order valence-electron chi connectivity index (χ3n) is 5.04. The van der Waals surface area contributed by atoms with Crippen LogP contribution in [0.5, 0.6) is 0 Å². The molecule has 3 aromatic carbocycles. The summed E-state index contributed by atoms with van der Waals surface area (Å²) in [5, 5.41) is 19.0. The van der Waals surface area contributed by atoms with Gasteiger partial charge in [0.2, 0.25) is 0 Å². The van der Waals surface area contributed by atoms with E-state index < -0.39 is 0 Å². The molecule has 2 aromatic heterocycles. The number of hydrogen-bond donors (Lipinski definition) is 1. The molecule has 8 nitrogen and oxygen atoms in total. The zero-order valence-corrected chi connectivity index (χ0v) is 17.0. The van der Waals surface area contributed by atoms with Crippen molar-refractivity contribution in [1.29, 1.82) is 0 Å². The van der Waals surface area contributed by atoms with Crippen molar-refractivity contribution in [1.82, 2.24) is 35.3 Å². The second-order valence-electron chi connectivity index (χ2n) is 7.10. The first-order chi connectivity index (χ1) is 15.8. The van der Waals surface area contributed by atoms with Crippen LogP contribution in [0.1, 0.15) is 15.9 Å². The van der Waals surface area contributed by atoms with Crippen molar-refractivity contribution in [3.63, 3.8) is 0 Å². The fraction of sp³-hybridized carbons (Fsp3) is 0.0417. The molecule has 0 spiro atoms. The van der Waals surface area contributed by atoms with E-state index in [4.69, 9.17) is 5.10 Å². The average Bonchev–Trinajstić information content (AvgIpc) is 3.54. The molecule has 0 atom stereocenters. The van der Waals surface area contributed by atoms with E-state index in [1.165, 1.54) is 11.0 Å². The number of amides is 1. The number of nitrogens with zero attached hydrogens (tertiary/aromatic N) is 6. The minimum absolute atomic E-state index is 0.220. The molecule has 32 heavy (non-hydrogen) atoms. The lowest BCUT2D eigenvalue weighted by Gasteiger charge is -2.09. The number of nitrogens with one attached hydrogen (secondary N) is 1. The maximum absolute atomic E-state index is 13.0. The Bertz CT molecular complexity index is 1330. The molecule has 0 saturated carbocycles. The zero-order chi connectivity index (χ0) is 21.8. The van der Waals surface area contributed by atoms with Crippen molar-refractivity contribution in [2.45, 2.75) is 6.54 Å². The van der Waals surface area contributed by atoms with E-state index in [0.717, 1.165) is 22.5 Å². The van der Waals surface area contributed by atoms with E-state index >= 15 is 0 Å². The normalized spacial score (nSPS) is 10.8. The van der Waals surface area contributed by atoms with Gasteiger partial charge in [0.05, 0.1) is 22.6 Å². The van der Waals surface area contributed by atoms with Gasteiger partial charge >= 0.3 is 0 Å². The number of aromatic nitrogens is 6. The van der Waals surface area contributed by atoms with E-state index in [-0.39, 0.29) is 5.91 Å². The molecule has 5 rings (SSSR count). The Morgan fingerprint density at radius 3 is 2.31 bits per heavy atom. The van der Waals surface area contributed by atoms with Crippen LogP contribution in [0.25, 0.3) is 22.6 Å². The summed E-state index contributed by atoms with van der Waals surface area (Å²) in [6, 6.07) is 27.0. The minimum Gasteiger partial charge on any atom is -0.348 e. The van der Waals surface area contributed by atoms with Crippen molar-refractivity contribution < 1.29 is 4.79 Å². The highest BCUT2D eigenvalue weighted by Crippen LogP contribution is 2.24. The highest BCUT2D eigenvalue weighted by atomic mass is 16.1. The first-order valence-corrected chi connectivity index (χ1v) is 10.1. The highest BCUT2D eigenvalue weighted by molar-refractivity contribution is 5.97. The van der Waals surface area contributed by atoms with Gasteiger partial charge in [-0.25, -0.2) is 4.68 Å². The Morgan fingerprint density at radius 2 is 1.56 bits per heavy atom. The van der Waals surface area contributed by atoms with E-state index in [0.29, 0.717) is 17.8 Å². The lowest BCUT2D eigenvalue weighted by molar-refractivity contribution is 0.0951. The lowest BCUT2D eigenvalue weighted by Crippen LogP contribution is -2.24. The first kappa shape index (κ1) is 19.4. The molecule has 1 amide bonds.